The Balaban J connectivity index is 1.69. The monoisotopic (exact) mass is 303 g/mol. The van der Waals surface area contributed by atoms with Crippen molar-refractivity contribution in [2.45, 2.75) is 44.8 Å². The Kier molecular flexibility index (Phi) is 4.74. The minimum Gasteiger partial charge on any atom is -0.390 e. The van der Waals surface area contributed by atoms with E-state index in [4.69, 9.17) is 0 Å². The zero-order chi connectivity index (χ0) is 15.5. The molecule has 2 atom stereocenters. The van der Waals surface area contributed by atoms with Gasteiger partial charge >= 0.3 is 0 Å². The van der Waals surface area contributed by atoms with Crippen LogP contribution in [0.2, 0.25) is 0 Å². The van der Waals surface area contributed by atoms with Crippen LogP contribution >= 0.6 is 0 Å². The maximum Gasteiger partial charge on any atom is 0.254 e. The fourth-order valence-corrected chi connectivity index (χ4v) is 3.55. The number of nitrogens with zero attached hydrogens (tertiary/aromatic N) is 3. The number of carbonyl (C=O) groups excluding carboxylic acids is 1. The Bertz CT molecular complexity index is 528. The molecule has 3 rings (SSSR count). The Morgan fingerprint density at radius 1 is 1.36 bits per heavy atom. The number of aryl methyl sites for hydroxylation is 1. The van der Waals surface area contributed by atoms with Crippen molar-refractivity contribution in [1.82, 2.24) is 14.8 Å². The Morgan fingerprint density at radius 2 is 2.14 bits per heavy atom. The molecule has 1 aromatic rings. The summed E-state index contributed by atoms with van der Waals surface area (Å²) in [7, 11) is 0. The summed E-state index contributed by atoms with van der Waals surface area (Å²) in [5, 5.41) is 10.3. The quantitative estimate of drug-likeness (QED) is 0.911. The smallest absolute Gasteiger partial charge is 0.254 e. The molecule has 0 unspecified atom stereocenters. The van der Waals surface area contributed by atoms with Gasteiger partial charge in [0.2, 0.25) is 0 Å². The standard InChI is InChI=1S/C17H25N3O2/c1-2-5-14-10-13(6-7-18-14)17(22)20-11-15(16(21)12-20)19-8-3-4-9-19/h6-7,10,15-16,21H,2-5,8-9,11-12H2,1H3/t15-,16-/m0/s1. The van der Waals surface area contributed by atoms with Gasteiger partial charge in [-0.1, -0.05) is 13.3 Å². The van der Waals surface area contributed by atoms with Gasteiger partial charge in [-0.25, -0.2) is 0 Å². The van der Waals surface area contributed by atoms with Crippen molar-refractivity contribution in [2.75, 3.05) is 26.2 Å². The summed E-state index contributed by atoms with van der Waals surface area (Å²) >= 11 is 0. The summed E-state index contributed by atoms with van der Waals surface area (Å²) in [6.45, 7) is 5.25. The molecule has 2 saturated heterocycles. The van der Waals surface area contributed by atoms with Crippen LogP contribution in [0.1, 0.15) is 42.2 Å². The molecule has 0 radical (unpaired) electrons. The van der Waals surface area contributed by atoms with Crippen molar-refractivity contribution < 1.29 is 9.90 Å². The van der Waals surface area contributed by atoms with Crippen LogP contribution in [0, 0.1) is 0 Å². The van der Waals surface area contributed by atoms with Gasteiger partial charge in [-0.2, -0.15) is 0 Å². The molecular formula is C17H25N3O2. The lowest BCUT2D eigenvalue weighted by atomic mass is 10.1. The van der Waals surface area contributed by atoms with Crippen LogP contribution < -0.4 is 0 Å². The Morgan fingerprint density at radius 3 is 2.86 bits per heavy atom. The number of aliphatic hydroxyl groups is 1. The molecule has 2 fully saturated rings. The highest BCUT2D eigenvalue weighted by Crippen LogP contribution is 2.22. The van der Waals surface area contributed by atoms with Crippen LogP contribution in [-0.2, 0) is 6.42 Å². The molecule has 22 heavy (non-hydrogen) atoms. The van der Waals surface area contributed by atoms with E-state index in [1.807, 2.05) is 6.07 Å². The van der Waals surface area contributed by atoms with E-state index in [-0.39, 0.29) is 11.9 Å². The third-order valence-electron chi connectivity index (χ3n) is 4.73. The minimum atomic E-state index is -0.431. The van der Waals surface area contributed by atoms with Crippen LogP contribution in [-0.4, -0.2) is 64.1 Å². The van der Waals surface area contributed by atoms with E-state index in [1.165, 1.54) is 12.8 Å². The molecule has 120 valence electrons. The molecule has 0 bridgehead atoms. The lowest BCUT2D eigenvalue weighted by molar-refractivity contribution is 0.0763. The number of pyridine rings is 1. The summed E-state index contributed by atoms with van der Waals surface area (Å²) < 4.78 is 0. The van der Waals surface area contributed by atoms with Crippen molar-refractivity contribution in [1.29, 1.82) is 0 Å². The first-order valence-corrected chi connectivity index (χ1v) is 8.35. The maximum atomic E-state index is 12.7. The van der Waals surface area contributed by atoms with E-state index in [1.54, 1.807) is 17.2 Å². The first-order valence-electron chi connectivity index (χ1n) is 8.35. The first kappa shape index (κ1) is 15.4. The Labute approximate surface area is 131 Å². The van der Waals surface area contributed by atoms with Crippen molar-refractivity contribution in [3.63, 3.8) is 0 Å². The largest absolute Gasteiger partial charge is 0.390 e. The number of hydrogen-bond acceptors (Lipinski definition) is 4. The highest BCUT2D eigenvalue weighted by molar-refractivity contribution is 5.94. The topological polar surface area (TPSA) is 56.7 Å². The molecule has 3 heterocycles. The zero-order valence-electron chi connectivity index (χ0n) is 13.2. The van der Waals surface area contributed by atoms with E-state index in [0.29, 0.717) is 18.7 Å². The summed E-state index contributed by atoms with van der Waals surface area (Å²) in [5.74, 6) is 0.0144. The van der Waals surface area contributed by atoms with E-state index >= 15 is 0 Å². The van der Waals surface area contributed by atoms with Crippen molar-refractivity contribution in [2.24, 2.45) is 0 Å². The van der Waals surface area contributed by atoms with E-state index in [2.05, 4.69) is 16.8 Å². The predicted molar refractivity (Wildman–Crippen MR) is 84.7 cm³/mol. The lowest BCUT2D eigenvalue weighted by Crippen LogP contribution is -2.41. The second-order valence-corrected chi connectivity index (χ2v) is 6.37. The highest BCUT2D eigenvalue weighted by Gasteiger charge is 2.38. The third-order valence-corrected chi connectivity index (χ3v) is 4.73. The van der Waals surface area contributed by atoms with Gasteiger partial charge < -0.3 is 10.0 Å². The molecule has 0 spiro atoms. The maximum absolute atomic E-state index is 12.7. The summed E-state index contributed by atoms with van der Waals surface area (Å²) in [6, 6.07) is 3.77. The number of aromatic nitrogens is 1. The van der Waals surface area contributed by atoms with E-state index in [9.17, 15) is 9.90 Å². The van der Waals surface area contributed by atoms with E-state index < -0.39 is 6.10 Å². The van der Waals surface area contributed by atoms with Gasteiger partial charge in [-0.15, -0.1) is 0 Å². The highest BCUT2D eigenvalue weighted by atomic mass is 16.3. The first-order chi connectivity index (χ1) is 10.7. The Hall–Kier alpha value is -1.46. The molecule has 1 amide bonds. The molecule has 2 aliphatic heterocycles. The van der Waals surface area contributed by atoms with Gasteiger partial charge in [0.05, 0.1) is 12.1 Å². The molecule has 0 aliphatic carbocycles. The average Bonchev–Trinajstić information content (AvgIpc) is 3.16. The molecule has 0 saturated carbocycles. The van der Waals surface area contributed by atoms with Crippen LogP contribution in [0.3, 0.4) is 0 Å². The van der Waals surface area contributed by atoms with Gasteiger partial charge in [0.25, 0.3) is 5.91 Å². The SMILES string of the molecule is CCCc1cc(C(=O)N2C[C@H](O)[C@@H](N3CCCC3)C2)ccn1. The third kappa shape index (κ3) is 3.15. The zero-order valence-corrected chi connectivity index (χ0v) is 13.2. The van der Waals surface area contributed by atoms with Gasteiger partial charge in [0.15, 0.2) is 0 Å². The lowest BCUT2D eigenvalue weighted by Gasteiger charge is -2.25. The summed E-state index contributed by atoms with van der Waals surface area (Å²) in [6.07, 6.45) is 5.58. The average molecular weight is 303 g/mol. The number of rotatable bonds is 4. The van der Waals surface area contributed by atoms with Crippen molar-refractivity contribution >= 4 is 5.91 Å². The van der Waals surface area contributed by atoms with Gasteiger partial charge in [-0.3, -0.25) is 14.7 Å². The number of carbonyl (C=O) groups is 1. The molecular weight excluding hydrogens is 278 g/mol. The second-order valence-electron chi connectivity index (χ2n) is 6.37. The van der Waals surface area contributed by atoms with Crippen molar-refractivity contribution in [3.8, 4) is 0 Å². The molecule has 2 aliphatic rings. The van der Waals surface area contributed by atoms with Crippen LogP contribution in [0.4, 0.5) is 0 Å². The number of aliphatic hydroxyl groups excluding tert-OH is 1. The molecule has 1 aromatic heterocycles. The summed E-state index contributed by atoms with van der Waals surface area (Å²) in [5.41, 5.74) is 1.65. The fourth-order valence-electron chi connectivity index (χ4n) is 3.55. The molecule has 0 aromatic carbocycles. The van der Waals surface area contributed by atoms with Crippen molar-refractivity contribution in [3.05, 3.63) is 29.6 Å². The van der Waals surface area contributed by atoms with Crippen LogP contribution in [0.25, 0.3) is 0 Å². The second kappa shape index (κ2) is 6.75. The minimum absolute atomic E-state index is 0.0144. The van der Waals surface area contributed by atoms with Crippen LogP contribution in [0.15, 0.2) is 18.3 Å². The van der Waals surface area contributed by atoms with Gasteiger partial charge in [-0.05, 0) is 44.5 Å². The van der Waals surface area contributed by atoms with Crippen LogP contribution in [0.5, 0.6) is 0 Å². The number of amides is 1. The molecule has 1 N–H and O–H groups in total. The number of likely N-dealkylation sites (tertiary alicyclic amines) is 2. The van der Waals surface area contributed by atoms with Gasteiger partial charge in [0, 0.05) is 30.5 Å². The predicted octanol–water partition coefficient (Wildman–Crippen LogP) is 1.32. The fraction of sp³-hybridized carbons (Fsp3) is 0.647. The van der Waals surface area contributed by atoms with E-state index in [0.717, 1.165) is 31.6 Å². The normalized spacial score (nSPS) is 25.8. The van der Waals surface area contributed by atoms with Gasteiger partial charge in [0.1, 0.15) is 0 Å². The number of β-amino-alcohol motifs (C(OH)–C–C–N with tert-alkyl or cyclic N) is 1. The molecule has 5 heteroatoms. The number of hydrogen-bond donors (Lipinski definition) is 1. The summed E-state index contributed by atoms with van der Waals surface area (Å²) in [4.78, 5) is 21.1. The molecule has 5 nitrogen and oxygen atoms in total.